The number of rotatable bonds is 3. The van der Waals surface area contributed by atoms with Gasteiger partial charge in [0, 0.05) is 42.2 Å². The second-order valence-corrected chi connectivity index (χ2v) is 8.34. The van der Waals surface area contributed by atoms with Crippen LogP contribution in [-0.4, -0.2) is 60.5 Å². The van der Waals surface area contributed by atoms with Gasteiger partial charge in [-0.3, -0.25) is 9.89 Å². The maximum atomic E-state index is 6.24. The molecule has 2 unspecified atom stereocenters. The number of nitrogens with zero attached hydrogens (tertiary/aromatic N) is 3. The third kappa shape index (κ3) is 4.38. The highest BCUT2D eigenvalue weighted by molar-refractivity contribution is 7.99. The number of likely N-dealkylation sites (tertiary alicyclic amines) is 1. The lowest BCUT2D eigenvalue weighted by molar-refractivity contribution is 0.125. The SMILES string of the molecule is CN1CCCC(CN=C(N)N2CCSCC2)C1c1cccc(Cl)c1. The predicted octanol–water partition coefficient (Wildman–Crippen LogP) is 3.09. The molecule has 2 aliphatic rings. The molecule has 0 aromatic heterocycles. The monoisotopic (exact) mass is 366 g/mol. The summed E-state index contributed by atoms with van der Waals surface area (Å²) in [5.74, 6) is 3.49. The van der Waals surface area contributed by atoms with E-state index in [9.17, 15) is 0 Å². The van der Waals surface area contributed by atoms with Crippen LogP contribution in [0.15, 0.2) is 29.3 Å². The molecule has 0 aliphatic carbocycles. The van der Waals surface area contributed by atoms with Crippen LogP contribution in [0.4, 0.5) is 0 Å². The zero-order valence-electron chi connectivity index (χ0n) is 14.3. The van der Waals surface area contributed by atoms with Crippen molar-refractivity contribution in [2.75, 3.05) is 44.7 Å². The number of aliphatic imine (C=N–C) groups is 1. The molecule has 2 fully saturated rings. The molecule has 0 saturated carbocycles. The van der Waals surface area contributed by atoms with E-state index in [1.54, 1.807) is 0 Å². The van der Waals surface area contributed by atoms with Gasteiger partial charge in [0.15, 0.2) is 5.96 Å². The fraction of sp³-hybridized carbons (Fsp3) is 0.611. The van der Waals surface area contributed by atoms with Gasteiger partial charge in [0.25, 0.3) is 0 Å². The minimum absolute atomic E-state index is 0.367. The lowest BCUT2D eigenvalue weighted by Crippen LogP contribution is -2.43. The van der Waals surface area contributed by atoms with Crippen molar-refractivity contribution in [1.82, 2.24) is 9.80 Å². The standard InChI is InChI=1S/C18H27ClN4S/c1-22-7-3-5-15(17(22)14-4-2-6-16(19)12-14)13-21-18(20)23-8-10-24-11-9-23/h2,4,6,12,15,17H,3,5,7-11,13H2,1H3,(H2,20,21). The average molecular weight is 367 g/mol. The van der Waals surface area contributed by atoms with E-state index in [0.29, 0.717) is 17.9 Å². The first-order chi connectivity index (χ1) is 11.6. The summed E-state index contributed by atoms with van der Waals surface area (Å²) >= 11 is 8.20. The molecule has 4 nitrogen and oxygen atoms in total. The molecular weight excluding hydrogens is 340 g/mol. The quantitative estimate of drug-likeness (QED) is 0.659. The lowest BCUT2D eigenvalue weighted by atomic mass is 9.85. The fourth-order valence-electron chi connectivity index (χ4n) is 3.77. The maximum absolute atomic E-state index is 6.24. The van der Waals surface area contributed by atoms with Gasteiger partial charge in [-0.05, 0) is 50.0 Å². The zero-order valence-corrected chi connectivity index (χ0v) is 15.9. The van der Waals surface area contributed by atoms with Crippen LogP contribution >= 0.6 is 23.4 Å². The number of hydrogen-bond donors (Lipinski definition) is 1. The van der Waals surface area contributed by atoms with Crippen molar-refractivity contribution < 1.29 is 0 Å². The first-order valence-corrected chi connectivity index (χ1v) is 10.3. The number of guanidine groups is 1. The van der Waals surface area contributed by atoms with E-state index in [0.717, 1.165) is 42.7 Å². The molecule has 2 atom stereocenters. The van der Waals surface area contributed by atoms with Crippen molar-refractivity contribution in [2.24, 2.45) is 16.6 Å². The summed E-state index contributed by atoms with van der Waals surface area (Å²) in [5, 5.41) is 0.805. The molecule has 132 valence electrons. The highest BCUT2D eigenvalue weighted by atomic mass is 35.5. The summed E-state index contributed by atoms with van der Waals surface area (Å²) in [6, 6.07) is 8.62. The van der Waals surface area contributed by atoms with E-state index < -0.39 is 0 Å². The van der Waals surface area contributed by atoms with Crippen molar-refractivity contribution in [3.8, 4) is 0 Å². The van der Waals surface area contributed by atoms with Crippen LogP contribution in [0, 0.1) is 5.92 Å². The second kappa shape index (κ2) is 8.45. The highest BCUT2D eigenvalue weighted by Gasteiger charge is 2.30. The molecule has 24 heavy (non-hydrogen) atoms. The second-order valence-electron chi connectivity index (χ2n) is 6.68. The van der Waals surface area contributed by atoms with Gasteiger partial charge in [0.05, 0.1) is 0 Å². The zero-order chi connectivity index (χ0) is 16.9. The highest BCUT2D eigenvalue weighted by Crippen LogP contribution is 2.36. The Morgan fingerprint density at radius 1 is 1.33 bits per heavy atom. The number of piperidine rings is 1. The summed E-state index contributed by atoms with van der Waals surface area (Å²) < 4.78 is 0. The largest absolute Gasteiger partial charge is 0.370 e. The van der Waals surface area contributed by atoms with Crippen molar-refractivity contribution in [3.05, 3.63) is 34.9 Å². The van der Waals surface area contributed by atoms with Crippen LogP contribution in [0.25, 0.3) is 0 Å². The van der Waals surface area contributed by atoms with Crippen LogP contribution in [0.1, 0.15) is 24.4 Å². The molecule has 0 amide bonds. The Morgan fingerprint density at radius 3 is 2.88 bits per heavy atom. The van der Waals surface area contributed by atoms with Crippen molar-refractivity contribution >= 4 is 29.3 Å². The van der Waals surface area contributed by atoms with E-state index >= 15 is 0 Å². The van der Waals surface area contributed by atoms with Crippen LogP contribution < -0.4 is 5.73 Å². The molecule has 0 spiro atoms. The minimum atomic E-state index is 0.367. The first kappa shape index (κ1) is 17.9. The van der Waals surface area contributed by atoms with E-state index in [-0.39, 0.29) is 0 Å². The molecule has 0 radical (unpaired) electrons. The summed E-state index contributed by atoms with van der Waals surface area (Å²) in [4.78, 5) is 9.41. The summed E-state index contributed by atoms with van der Waals surface area (Å²) in [5.41, 5.74) is 7.53. The summed E-state index contributed by atoms with van der Waals surface area (Å²) in [7, 11) is 2.20. The Balaban J connectivity index is 1.72. The molecule has 2 aliphatic heterocycles. The smallest absolute Gasteiger partial charge is 0.191 e. The minimum Gasteiger partial charge on any atom is -0.370 e. The van der Waals surface area contributed by atoms with E-state index in [4.69, 9.17) is 22.3 Å². The van der Waals surface area contributed by atoms with E-state index in [1.165, 1.54) is 18.4 Å². The van der Waals surface area contributed by atoms with Crippen LogP contribution in [0.5, 0.6) is 0 Å². The molecule has 2 heterocycles. The average Bonchev–Trinajstić information content (AvgIpc) is 2.60. The Bertz CT molecular complexity index is 574. The Hall–Kier alpha value is -0.910. The first-order valence-electron chi connectivity index (χ1n) is 8.73. The summed E-state index contributed by atoms with van der Waals surface area (Å²) in [6.07, 6.45) is 2.40. The Kier molecular flexibility index (Phi) is 6.31. The molecule has 1 aromatic carbocycles. The van der Waals surface area contributed by atoms with Crippen molar-refractivity contribution in [3.63, 3.8) is 0 Å². The Morgan fingerprint density at radius 2 is 2.12 bits per heavy atom. The Labute approximate surface area is 154 Å². The molecule has 6 heteroatoms. The van der Waals surface area contributed by atoms with Gasteiger partial charge >= 0.3 is 0 Å². The van der Waals surface area contributed by atoms with E-state index in [2.05, 4.69) is 29.0 Å². The molecule has 2 saturated heterocycles. The van der Waals surface area contributed by atoms with Gasteiger partial charge in [0.2, 0.25) is 0 Å². The normalized spacial score (nSPS) is 26.6. The van der Waals surface area contributed by atoms with Gasteiger partial charge in [-0.15, -0.1) is 0 Å². The lowest BCUT2D eigenvalue weighted by Gasteiger charge is -2.39. The third-order valence-electron chi connectivity index (χ3n) is 5.02. The number of nitrogens with two attached hydrogens (primary N) is 1. The van der Waals surface area contributed by atoms with Crippen molar-refractivity contribution in [1.29, 1.82) is 0 Å². The fourth-order valence-corrected chi connectivity index (χ4v) is 4.87. The molecule has 2 N–H and O–H groups in total. The topological polar surface area (TPSA) is 44.9 Å². The van der Waals surface area contributed by atoms with E-state index in [1.807, 2.05) is 23.9 Å². The summed E-state index contributed by atoms with van der Waals surface area (Å²) in [6.45, 7) is 3.94. The van der Waals surface area contributed by atoms with Gasteiger partial charge in [-0.2, -0.15) is 11.8 Å². The third-order valence-corrected chi connectivity index (χ3v) is 6.20. The molecular formula is C18H27ClN4S. The number of halogens is 1. The molecule has 1 aromatic rings. The molecule has 3 rings (SSSR count). The van der Waals surface area contributed by atoms with Crippen LogP contribution in [0.3, 0.4) is 0 Å². The van der Waals surface area contributed by atoms with Crippen LogP contribution in [-0.2, 0) is 0 Å². The number of thioether (sulfide) groups is 1. The van der Waals surface area contributed by atoms with Gasteiger partial charge in [-0.1, -0.05) is 23.7 Å². The van der Waals surface area contributed by atoms with Crippen LogP contribution in [0.2, 0.25) is 5.02 Å². The van der Waals surface area contributed by atoms with Gasteiger partial charge in [0.1, 0.15) is 0 Å². The molecule has 0 bridgehead atoms. The predicted molar refractivity (Wildman–Crippen MR) is 105 cm³/mol. The maximum Gasteiger partial charge on any atom is 0.191 e. The number of hydrogen-bond acceptors (Lipinski definition) is 3. The van der Waals surface area contributed by atoms with Gasteiger partial charge in [-0.25, -0.2) is 0 Å². The van der Waals surface area contributed by atoms with Crippen molar-refractivity contribution in [2.45, 2.75) is 18.9 Å². The van der Waals surface area contributed by atoms with Gasteiger partial charge < -0.3 is 10.6 Å². The number of benzene rings is 1.